The summed E-state index contributed by atoms with van der Waals surface area (Å²) in [5, 5.41) is 2.31. The highest BCUT2D eigenvalue weighted by Crippen LogP contribution is 2.22. The molecule has 2 rings (SSSR count). The maximum absolute atomic E-state index is 13.1. The molecule has 0 atom stereocenters. The average molecular weight is 303 g/mol. The summed E-state index contributed by atoms with van der Waals surface area (Å²) in [5.41, 5.74) is 6.22. The standard InChI is InChI=1S/C10H8BrFN2OS/c11-8-2-1-7(3-9(8)12)15-4-6-5-16-10(13)14-6/h1-3,5H,4H2,(H2,13,14). The first-order chi connectivity index (χ1) is 7.65. The average Bonchev–Trinajstić information content (AvgIpc) is 2.66. The summed E-state index contributed by atoms with van der Waals surface area (Å²) in [6, 6.07) is 4.60. The highest BCUT2D eigenvalue weighted by Gasteiger charge is 2.03. The first-order valence-electron chi connectivity index (χ1n) is 4.43. The third kappa shape index (κ3) is 2.70. The molecule has 1 aromatic carbocycles. The summed E-state index contributed by atoms with van der Waals surface area (Å²) in [6.45, 7) is 0.286. The molecule has 0 aliphatic carbocycles. The van der Waals surface area contributed by atoms with Gasteiger partial charge in [0.1, 0.15) is 18.2 Å². The van der Waals surface area contributed by atoms with Crippen molar-refractivity contribution in [2.24, 2.45) is 0 Å². The molecule has 0 bridgehead atoms. The van der Waals surface area contributed by atoms with Crippen LogP contribution in [-0.4, -0.2) is 4.98 Å². The molecule has 0 radical (unpaired) electrons. The zero-order chi connectivity index (χ0) is 11.5. The van der Waals surface area contributed by atoms with Gasteiger partial charge in [-0.25, -0.2) is 9.37 Å². The van der Waals surface area contributed by atoms with Crippen molar-refractivity contribution in [3.63, 3.8) is 0 Å². The molecule has 1 aromatic heterocycles. The van der Waals surface area contributed by atoms with E-state index in [1.165, 1.54) is 17.4 Å². The monoisotopic (exact) mass is 302 g/mol. The number of benzene rings is 1. The predicted octanol–water partition coefficient (Wildman–Crippen LogP) is 3.21. The molecule has 0 fully saturated rings. The first kappa shape index (κ1) is 11.3. The quantitative estimate of drug-likeness (QED) is 0.947. The summed E-state index contributed by atoms with van der Waals surface area (Å²) >= 11 is 4.42. The number of nitrogens with zero attached hydrogens (tertiary/aromatic N) is 1. The molecule has 0 aliphatic heterocycles. The maximum atomic E-state index is 13.1. The van der Waals surface area contributed by atoms with Crippen molar-refractivity contribution in [3.8, 4) is 5.75 Å². The second kappa shape index (κ2) is 4.80. The van der Waals surface area contributed by atoms with Gasteiger partial charge in [0, 0.05) is 11.4 Å². The maximum Gasteiger partial charge on any atom is 0.180 e. The third-order valence-electron chi connectivity index (χ3n) is 1.85. The van der Waals surface area contributed by atoms with Crippen LogP contribution in [0.2, 0.25) is 0 Å². The molecule has 0 saturated carbocycles. The first-order valence-corrected chi connectivity index (χ1v) is 6.10. The van der Waals surface area contributed by atoms with E-state index < -0.39 is 0 Å². The van der Waals surface area contributed by atoms with Gasteiger partial charge < -0.3 is 10.5 Å². The molecule has 0 unspecified atom stereocenters. The minimum absolute atomic E-state index is 0.286. The number of aromatic nitrogens is 1. The number of anilines is 1. The summed E-state index contributed by atoms with van der Waals surface area (Å²) in [5.74, 6) is 0.113. The van der Waals surface area contributed by atoms with Gasteiger partial charge in [0.15, 0.2) is 5.13 Å². The van der Waals surface area contributed by atoms with E-state index in [4.69, 9.17) is 10.5 Å². The van der Waals surface area contributed by atoms with Crippen molar-refractivity contribution in [1.29, 1.82) is 0 Å². The van der Waals surface area contributed by atoms with Crippen molar-refractivity contribution < 1.29 is 9.13 Å². The van der Waals surface area contributed by atoms with Gasteiger partial charge >= 0.3 is 0 Å². The van der Waals surface area contributed by atoms with E-state index in [-0.39, 0.29) is 12.4 Å². The number of nitrogens with two attached hydrogens (primary N) is 1. The Morgan fingerprint density at radius 1 is 1.50 bits per heavy atom. The zero-order valence-electron chi connectivity index (χ0n) is 8.11. The van der Waals surface area contributed by atoms with Gasteiger partial charge in [-0.2, -0.15) is 0 Å². The highest BCUT2D eigenvalue weighted by atomic mass is 79.9. The Hall–Kier alpha value is -1.14. The Bertz CT molecular complexity index is 503. The second-order valence-electron chi connectivity index (χ2n) is 3.04. The smallest absolute Gasteiger partial charge is 0.180 e. The SMILES string of the molecule is Nc1nc(COc2ccc(Br)c(F)c2)cs1. The Morgan fingerprint density at radius 3 is 2.94 bits per heavy atom. The molecule has 1 heterocycles. The van der Waals surface area contributed by atoms with Crippen LogP contribution in [0.1, 0.15) is 5.69 Å². The number of hydrogen-bond acceptors (Lipinski definition) is 4. The largest absolute Gasteiger partial charge is 0.487 e. The number of hydrogen-bond donors (Lipinski definition) is 1. The van der Waals surface area contributed by atoms with Crippen LogP contribution in [0.4, 0.5) is 9.52 Å². The lowest BCUT2D eigenvalue weighted by Gasteiger charge is -2.04. The van der Waals surface area contributed by atoms with E-state index in [9.17, 15) is 4.39 Å². The van der Waals surface area contributed by atoms with Crippen LogP contribution in [0.3, 0.4) is 0 Å². The Balaban J connectivity index is 2.02. The fourth-order valence-electron chi connectivity index (χ4n) is 1.11. The molecule has 0 aliphatic rings. The topological polar surface area (TPSA) is 48.1 Å². The van der Waals surface area contributed by atoms with Gasteiger partial charge in [0.05, 0.1) is 10.2 Å². The number of thiazole rings is 1. The van der Waals surface area contributed by atoms with Crippen LogP contribution in [0.25, 0.3) is 0 Å². The molecular weight excluding hydrogens is 295 g/mol. The summed E-state index contributed by atoms with van der Waals surface area (Å²) in [7, 11) is 0. The van der Waals surface area contributed by atoms with Crippen LogP contribution in [0.15, 0.2) is 28.1 Å². The highest BCUT2D eigenvalue weighted by molar-refractivity contribution is 9.10. The fourth-order valence-corrected chi connectivity index (χ4v) is 1.91. The van der Waals surface area contributed by atoms with Crippen molar-refractivity contribution in [2.45, 2.75) is 6.61 Å². The van der Waals surface area contributed by atoms with Crippen LogP contribution in [-0.2, 0) is 6.61 Å². The van der Waals surface area contributed by atoms with Crippen LogP contribution >= 0.6 is 27.3 Å². The number of halogens is 2. The van der Waals surface area contributed by atoms with Gasteiger partial charge in [-0.15, -0.1) is 11.3 Å². The van der Waals surface area contributed by atoms with Gasteiger partial charge in [0.25, 0.3) is 0 Å². The van der Waals surface area contributed by atoms with E-state index in [0.717, 1.165) is 5.69 Å². The van der Waals surface area contributed by atoms with Gasteiger partial charge in [-0.3, -0.25) is 0 Å². The number of nitrogen functional groups attached to an aromatic ring is 1. The van der Waals surface area contributed by atoms with E-state index in [1.54, 1.807) is 12.1 Å². The van der Waals surface area contributed by atoms with E-state index in [1.807, 2.05) is 5.38 Å². The fraction of sp³-hybridized carbons (Fsp3) is 0.100. The van der Waals surface area contributed by atoms with Gasteiger partial charge in [-0.1, -0.05) is 0 Å². The summed E-state index contributed by atoms with van der Waals surface area (Å²) in [6.07, 6.45) is 0. The number of ether oxygens (including phenoxy) is 1. The molecule has 0 amide bonds. The molecular formula is C10H8BrFN2OS. The molecule has 0 spiro atoms. The third-order valence-corrected chi connectivity index (χ3v) is 3.21. The molecule has 2 N–H and O–H groups in total. The van der Waals surface area contributed by atoms with Crippen LogP contribution < -0.4 is 10.5 Å². The van der Waals surface area contributed by atoms with Crippen molar-refractivity contribution in [3.05, 3.63) is 39.6 Å². The molecule has 2 aromatic rings. The van der Waals surface area contributed by atoms with Crippen LogP contribution in [0, 0.1) is 5.82 Å². The van der Waals surface area contributed by atoms with E-state index in [2.05, 4.69) is 20.9 Å². The summed E-state index contributed by atoms with van der Waals surface area (Å²) in [4.78, 5) is 4.03. The normalized spacial score (nSPS) is 10.4. The van der Waals surface area contributed by atoms with Crippen molar-refractivity contribution >= 4 is 32.4 Å². The molecule has 16 heavy (non-hydrogen) atoms. The molecule has 3 nitrogen and oxygen atoms in total. The lowest BCUT2D eigenvalue weighted by Crippen LogP contribution is -1.96. The lowest BCUT2D eigenvalue weighted by molar-refractivity contribution is 0.300. The predicted molar refractivity (Wildman–Crippen MR) is 65.0 cm³/mol. The second-order valence-corrected chi connectivity index (χ2v) is 4.79. The minimum Gasteiger partial charge on any atom is -0.487 e. The number of rotatable bonds is 3. The Morgan fingerprint density at radius 2 is 2.31 bits per heavy atom. The zero-order valence-corrected chi connectivity index (χ0v) is 10.5. The molecule has 84 valence electrons. The Labute approximate surface area is 104 Å². The van der Waals surface area contributed by atoms with Crippen LogP contribution in [0.5, 0.6) is 5.75 Å². The van der Waals surface area contributed by atoms with Crippen molar-refractivity contribution in [1.82, 2.24) is 4.98 Å². The summed E-state index contributed by atoms with van der Waals surface area (Å²) < 4.78 is 18.9. The molecule has 6 heteroatoms. The lowest BCUT2D eigenvalue weighted by atomic mass is 10.3. The van der Waals surface area contributed by atoms with E-state index >= 15 is 0 Å². The van der Waals surface area contributed by atoms with Gasteiger partial charge in [0.2, 0.25) is 0 Å². The van der Waals surface area contributed by atoms with Crippen molar-refractivity contribution in [2.75, 3.05) is 5.73 Å². The van der Waals surface area contributed by atoms with E-state index in [0.29, 0.717) is 15.4 Å². The molecule has 0 saturated heterocycles. The van der Waals surface area contributed by atoms with Gasteiger partial charge in [-0.05, 0) is 28.1 Å². The Kier molecular flexibility index (Phi) is 3.40. The minimum atomic E-state index is -0.352.